The van der Waals surface area contributed by atoms with Crippen LogP contribution in [0.1, 0.15) is 30.5 Å². The lowest BCUT2D eigenvalue weighted by molar-refractivity contribution is -0.132. The third-order valence-electron chi connectivity index (χ3n) is 5.78. The fourth-order valence-corrected chi connectivity index (χ4v) is 5.12. The number of aromatic nitrogens is 1. The van der Waals surface area contributed by atoms with Crippen molar-refractivity contribution in [1.82, 2.24) is 4.98 Å². The number of Topliss-reactive ketones (excluding diaryl/α,β-unsaturated/α-hetero) is 1. The molecule has 5 rings (SSSR count). The Bertz CT molecular complexity index is 1510. The van der Waals surface area contributed by atoms with Gasteiger partial charge in [-0.1, -0.05) is 42.5 Å². The summed E-state index contributed by atoms with van der Waals surface area (Å²) >= 11 is 1.07. The normalized spacial score (nSPS) is 17.2. The number of carbonyl (C=O) groups is 2. The third kappa shape index (κ3) is 4.18. The molecule has 4 aromatic rings. The van der Waals surface area contributed by atoms with Crippen LogP contribution in [0.5, 0.6) is 11.5 Å². The number of aromatic hydroxyl groups is 1. The molecule has 1 unspecified atom stereocenters. The van der Waals surface area contributed by atoms with E-state index in [0.29, 0.717) is 33.7 Å². The number of carbonyl (C=O) groups excluding carboxylic acids is 2. The SMILES string of the molecule is CCCOc1cccc(C(O)=C2C(=O)C(=O)N(c3nc4ccc(F)cc4s3)C2c2ccc(O)cc2)c1. The molecule has 1 saturated heterocycles. The van der Waals surface area contributed by atoms with Crippen LogP contribution in [0.25, 0.3) is 16.0 Å². The van der Waals surface area contributed by atoms with Crippen LogP contribution >= 0.6 is 11.3 Å². The van der Waals surface area contributed by atoms with Crippen LogP contribution in [-0.4, -0.2) is 33.5 Å². The van der Waals surface area contributed by atoms with Crippen molar-refractivity contribution < 1.29 is 28.9 Å². The van der Waals surface area contributed by atoms with Gasteiger partial charge in [-0.3, -0.25) is 14.5 Å². The number of ether oxygens (including phenoxy) is 1. The van der Waals surface area contributed by atoms with Crippen LogP contribution in [0.2, 0.25) is 0 Å². The lowest BCUT2D eigenvalue weighted by Gasteiger charge is -2.23. The van der Waals surface area contributed by atoms with E-state index in [-0.39, 0.29) is 22.2 Å². The maximum Gasteiger partial charge on any atom is 0.301 e. The molecule has 0 bridgehead atoms. The van der Waals surface area contributed by atoms with Gasteiger partial charge in [0.1, 0.15) is 23.1 Å². The number of aliphatic hydroxyl groups is 1. The molecule has 182 valence electrons. The number of ketones is 1. The largest absolute Gasteiger partial charge is 0.508 e. The number of phenolic OH excluding ortho intramolecular Hbond substituents is 1. The van der Waals surface area contributed by atoms with E-state index in [4.69, 9.17) is 4.74 Å². The van der Waals surface area contributed by atoms with Gasteiger partial charge >= 0.3 is 5.91 Å². The van der Waals surface area contributed by atoms with Crippen LogP contribution < -0.4 is 9.64 Å². The first-order chi connectivity index (χ1) is 17.4. The maximum atomic E-state index is 13.8. The van der Waals surface area contributed by atoms with Gasteiger partial charge in [-0.25, -0.2) is 9.37 Å². The summed E-state index contributed by atoms with van der Waals surface area (Å²) in [5.41, 5.74) is 1.15. The van der Waals surface area contributed by atoms with Gasteiger partial charge in [-0.15, -0.1) is 0 Å². The highest BCUT2D eigenvalue weighted by Gasteiger charge is 2.48. The Balaban J connectivity index is 1.68. The summed E-state index contributed by atoms with van der Waals surface area (Å²) in [6, 6.07) is 15.7. The summed E-state index contributed by atoms with van der Waals surface area (Å²) < 4.78 is 19.9. The van der Waals surface area contributed by atoms with Crippen molar-refractivity contribution in [3.63, 3.8) is 0 Å². The molecule has 2 N–H and O–H groups in total. The molecule has 0 aliphatic carbocycles. The van der Waals surface area contributed by atoms with Crippen molar-refractivity contribution in [2.24, 2.45) is 0 Å². The Morgan fingerprint density at radius 1 is 1.11 bits per heavy atom. The molecule has 0 radical (unpaired) electrons. The number of fused-ring (bicyclic) bond motifs is 1. The average Bonchev–Trinajstić information content (AvgIpc) is 3.40. The quantitative estimate of drug-likeness (QED) is 0.203. The smallest absolute Gasteiger partial charge is 0.301 e. The predicted molar refractivity (Wildman–Crippen MR) is 135 cm³/mol. The second kappa shape index (κ2) is 9.43. The van der Waals surface area contributed by atoms with Crippen molar-refractivity contribution in [1.29, 1.82) is 0 Å². The zero-order chi connectivity index (χ0) is 25.4. The highest BCUT2D eigenvalue weighted by Crippen LogP contribution is 2.44. The van der Waals surface area contributed by atoms with Crippen molar-refractivity contribution in [3.05, 3.63) is 89.2 Å². The fourth-order valence-electron chi connectivity index (χ4n) is 4.10. The summed E-state index contributed by atoms with van der Waals surface area (Å²) in [6.45, 7) is 2.46. The minimum Gasteiger partial charge on any atom is -0.508 e. The summed E-state index contributed by atoms with van der Waals surface area (Å²) in [7, 11) is 0. The zero-order valence-electron chi connectivity index (χ0n) is 19.1. The van der Waals surface area contributed by atoms with Gasteiger partial charge < -0.3 is 14.9 Å². The molecule has 9 heteroatoms. The lowest BCUT2D eigenvalue weighted by atomic mass is 9.95. The van der Waals surface area contributed by atoms with E-state index in [1.54, 1.807) is 36.4 Å². The Kier molecular flexibility index (Phi) is 6.15. The Labute approximate surface area is 209 Å². The highest BCUT2D eigenvalue weighted by molar-refractivity contribution is 7.22. The summed E-state index contributed by atoms with van der Waals surface area (Å²) in [6.07, 6.45) is 0.800. The number of hydrogen-bond donors (Lipinski definition) is 2. The molecule has 7 nitrogen and oxygen atoms in total. The molecular formula is C27H21FN2O5S. The van der Waals surface area contributed by atoms with Gasteiger partial charge in [0.05, 0.1) is 28.4 Å². The standard InChI is InChI=1S/C27H21FN2O5S/c1-2-12-35-19-5-3-4-16(13-19)24(32)22-23(15-6-9-18(31)10-7-15)30(26(34)25(22)33)27-29-20-11-8-17(28)14-21(20)36-27/h3-11,13-14,23,31-32H,2,12H2,1H3. The van der Waals surface area contributed by atoms with Gasteiger partial charge in [-0.05, 0) is 54.4 Å². The molecule has 1 aliphatic rings. The molecule has 3 aromatic carbocycles. The molecule has 0 spiro atoms. The van der Waals surface area contributed by atoms with Crippen molar-refractivity contribution in [2.45, 2.75) is 19.4 Å². The molecule has 1 atom stereocenters. The van der Waals surface area contributed by atoms with E-state index in [9.17, 15) is 24.2 Å². The fraction of sp³-hybridized carbons (Fsp3) is 0.148. The number of anilines is 1. The second-order valence-electron chi connectivity index (χ2n) is 8.25. The molecule has 0 saturated carbocycles. The minimum absolute atomic E-state index is 0.00642. The van der Waals surface area contributed by atoms with Gasteiger partial charge in [0, 0.05) is 5.56 Å². The average molecular weight is 505 g/mol. The van der Waals surface area contributed by atoms with E-state index in [1.165, 1.54) is 35.2 Å². The monoisotopic (exact) mass is 504 g/mol. The molecule has 36 heavy (non-hydrogen) atoms. The first-order valence-electron chi connectivity index (χ1n) is 11.3. The van der Waals surface area contributed by atoms with Crippen LogP contribution in [0.3, 0.4) is 0 Å². The number of benzene rings is 3. The van der Waals surface area contributed by atoms with Crippen LogP contribution in [0.4, 0.5) is 9.52 Å². The number of nitrogens with zero attached hydrogens (tertiary/aromatic N) is 2. The summed E-state index contributed by atoms with van der Waals surface area (Å²) in [5.74, 6) is -2.03. The minimum atomic E-state index is -1.02. The zero-order valence-corrected chi connectivity index (χ0v) is 20.0. The van der Waals surface area contributed by atoms with Gasteiger partial charge in [0.25, 0.3) is 5.78 Å². The molecule has 2 heterocycles. The number of phenols is 1. The predicted octanol–water partition coefficient (Wildman–Crippen LogP) is 5.56. The number of aliphatic hydroxyl groups excluding tert-OH is 1. The number of thiazole rings is 1. The Morgan fingerprint density at radius 2 is 1.89 bits per heavy atom. The van der Waals surface area contributed by atoms with E-state index in [2.05, 4.69) is 4.98 Å². The van der Waals surface area contributed by atoms with Gasteiger partial charge in [0.15, 0.2) is 5.13 Å². The van der Waals surface area contributed by atoms with Crippen molar-refractivity contribution in [3.8, 4) is 11.5 Å². The number of hydrogen-bond acceptors (Lipinski definition) is 7. The van der Waals surface area contributed by atoms with Gasteiger partial charge in [0.2, 0.25) is 0 Å². The van der Waals surface area contributed by atoms with Crippen molar-refractivity contribution >= 4 is 44.1 Å². The van der Waals surface area contributed by atoms with E-state index in [0.717, 1.165) is 17.8 Å². The number of halogens is 1. The van der Waals surface area contributed by atoms with Gasteiger partial charge in [-0.2, -0.15) is 0 Å². The van der Waals surface area contributed by atoms with E-state index >= 15 is 0 Å². The highest BCUT2D eigenvalue weighted by atomic mass is 32.1. The number of amides is 1. The first-order valence-corrected chi connectivity index (χ1v) is 12.1. The van der Waals surface area contributed by atoms with Crippen LogP contribution in [0, 0.1) is 5.82 Å². The van der Waals surface area contributed by atoms with Crippen molar-refractivity contribution in [2.75, 3.05) is 11.5 Å². The number of rotatable bonds is 6. The maximum absolute atomic E-state index is 13.8. The molecule has 1 aromatic heterocycles. The Morgan fingerprint density at radius 3 is 2.64 bits per heavy atom. The first kappa shape index (κ1) is 23.5. The summed E-state index contributed by atoms with van der Waals surface area (Å²) in [5, 5.41) is 21.3. The molecular weight excluding hydrogens is 483 g/mol. The van der Waals surface area contributed by atoms with E-state index in [1.807, 2.05) is 6.92 Å². The Hall–Kier alpha value is -4.24. The topological polar surface area (TPSA) is 100.0 Å². The molecule has 1 aliphatic heterocycles. The molecule has 1 amide bonds. The lowest BCUT2D eigenvalue weighted by Crippen LogP contribution is -2.29. The summed E-state index contributed by atoms with van der Waals surface area (Å²) in [4.78, 5) is 32.3. The van der Waals surface area contributed by atoms with Crippen LogP contribution in [0.15, 0.2) is 72.3 Å². The van der Waals surface area contributed by atoms with E-state index < -0.39 is 23.5 Å². The van der Waals surface area contributed by atoms with Crippen LogP contribution in [-0.2, 0) is 9.59 Å². The third-order valence-corrected chi connectivity index (χ3v) is 6.80. The second-order valence-corrected chi connectivity index (χ2v) is 9.25. The molecule has 1 fully saturated rings.